The Bertz CT molecular complexity index is 356. The highest BCUT2D eigenvalue weighted by molar-refractivity contribution is 6.27. The second-order valence-electron chi connectivity index (χ2n) is 2.56. The predicted molar refractivity (Wildman–Crippen MR) is 60.9 cm³/mol. The highest BCUT2D eigenvalue weighted by Crippen LogP contribution is 2.13. The van der Waals surface area contributed by atoms with Gasteiger partial charge in [0.15, 0.2) is 0 Å². The van der Waals surface area contributed by atoms with Crippen molar-refractivity contribution in [3.05, 3.63) is 24.3 Å². The monoisotopic (exact) mass is 262 g/mol. The first-order valence-corrected chi connectivity index (χ1v) is 4.61. The lowest BCUT2D eigenvalue weighted by atomic mass is 10.3. The molecule has 17 heavy (non-hydrogen) atoms. The van der Waals surface area contributed by atoms with Crippen LogP contribution in [0.25, 0.3) is 0 Å². The molecule has 4 N–H and O–H groups in total. The number of benzene rings is 1. The van der Waals surface area contributed by atoms with Crippen molar-refractivity contribution in [1.29, 1.82) is 0 Å². The number of anilines is 1. The summed E-state index contributed by atoms with van der Waals surface area (Å²) in [6.45, 7) is 0. The summed E-state index contributed by atoms with van der Waals surface area (Å²) >= 11 is 5.22. The summed E-state index contributed by atoms with van der Waals surface area (Å²) in [5.41, 5.74) is 3.61. The van der Waals surface area contributed by atoms with E-state index in [4.69, 9.17) is 36.3 Å². The van der Waals surface area contributed by atoms with Gasteiger partial charge in [0.2, 0.25) is 0 Å². The third kappa shape index (κ3) is 6.98. The number of hydrazine groups is 1. The minimum atomic E-state index is -1.82. The molecule has 0 atom stereocenters. The van der Waals surface area contributed by atoms with Crippen LogP contribution in [-0.2, 0) is 9.59 Å². The maximum Gasteiger partial charge on any atom is 0.414 e. The maximum atomic E-state index is 9.10. The van der Waals surface area contributed by atoms with Gasteiger partial charge < -0.3 is 20.4 Å². The van der Waals surface area contributed by atoms with Crippen molar-refractivity contribution in [2.24, 2.45) is 0 Å². The molecule has 0 unspecified atom stereocenters. The molecule has 1 rings (SSSR count). The van der Waals surface area contributed by atoms with Crippen LogP contribution in [0.15, 0.2) is 24.3 Å². The van der Waals surface area contributed by atoms with E-state index in [0.29, 0.717) is 0 Å². The first kappa shape index (κ1) is 15.0. The van der Waals surface area contributed by atoms with E-state index in [-0.39, 0.29) is 0 Å². The number of carbonyl (C=O) groups is 2. The predicted octanol–water partition coefficient (Wildman–Crippen LogP) is 0.921. The van der Waals surface area contributed by atoms with Gasteiger partial charge in [-0.2, -0.15) is 0 Å². The van der Waals surface area contributed by atoms with Gasteiger partial charge in [0.1, 0.15) is 5.75 Å². The summed E-state index contributed by atoms with van der Waals surface area (Å²) in [5, 5.41) is 14.8. The molecule has 0 saturated carbocycles. The van der Waals surface area contributed by atoms with E-state index >= 15 is 0 Å². The van der Waals surface area contributed by atoms with E-state index < -0.39 is 11.9 Å². The summed E-state index contributed by atoms with van der Waals surface area (Å²) in [5.74, 6) is -2.82. The number of halogens is 1. The van der Waals surface area contributed by atoms with Crippen LogP contribution >= 0.6 is 11.8 Å². The largest absolute Gasteiger partial charge is 0.497 e. The van der Waals surface area contributed by atoms with E-state index in [9.17, 15) is 0 Å². The number of hydrogen-bond donors (Lipinski definition) is 4. The van der Waals surface area contributed by atoms with Crippen LogP contribution in [0.1, 0.15) is 0 Å². The molecule has 0 bridgehead atoms. The first-order valence-electron chi connectivity index (χ1n) is 4.23. The van der Waals surface area contributed by atoms with Crippen LogP contribution in [0.3, 0.4) is 0 Å². The van der Waals surface area contributed by atoms with Crippen LogP contribution in [0.5, 0.6) is 5.75 Å². The average Bonchev–Trinajstić information content (AvgIpc) is 2.31. The smallest absolute Gasteiger partial charge is 0.414 e. The van der Waals surface area contributed by atoms with Crippen molar-refractivity contribution >= 4 is 29.4 Å². The fourth-order valence-corrected chi connectivity index (χ4v) is 0.838. The van der Waals surface area contributed by atoms with E-state index in [1.807, 2.05) is 24.3 Å². The lowest BCUT2D eigenvalue weighted by molar-refractivity contribution is -0.159. The molecule has 7 nitrogen and oxygen atoms in total. The third-order valence-corrected chi connectivity index (χ3v) is 1.56. The molecule has 8 heteroatoms. The molecule has 0 fully saturated rings. The number of methoxy groups -OCH3 is 1. The minimum absolute atomic E-state index is 0.824. The Hall–Kier alpha value is -1.99. The topological polar surface area (TPSA) is 108 Å². The summed E-state index contributed by atoms with van der Waals surface area (Å²) < 4.78 is 4.97. The zero-order valence-electron chi connectivity index (χ0n) is 8.81. The SMILES string of the molecule is COc1ccc(NNCl)cc1.O=C(O)C(=O)O. The molecule has 1 aromatic rings. The summed E-state index contributed by atoms with van der Waals surface area (Å²) in [4.78, 5) is 20.5. The van der Waals surface area contributed by atoms with Crippen molar-refractivity contribution in [3.63, 3.8) is 0 Å². The zero-order chi connectivity index (χ0) is 13.3. The van der Waals surface area contributed by atoms with Gasteiger partial charge in [0, 0.05) is 0 Å². The molecule has 1 aromatic carbocycles. The summed E-state index contributed by atoms with van der Waals surface area (Å²) in [7, 11) is 1.63. The number of nitrogens with one attached hydrogen (secondary N) is 2. The van der Waals surface area contributed by atoms with Crippen LogP contribution in [0.4, 0.5) is 5.69 Å². The van der Waals surface area contributed by atoms with Crippen LogP contribution in [0.2, 0.25) is 0 Å². The Morgan fingerprint density at radius 1 is 1.18 bits per heavy atom. The number of ether oxygens (including phenoxy) is 1. The van der Waals surface area contributed by atoms with Crippen LogP contribution < -0.4 is 15.1 Å². The molecular formula is C9H11ClN2O5. The van der Waals surface area contributed by atoms with Gasteiger partial charge in [-0.3, -0.25) is 0 Å². The second-order valence-corrected chi connectivity index (χ2v) is 2.75. The van der Waals surface area contributed by atoms with E-state index in [1.165, 1.54) is 0 Å². The second kappa shape index (κ2) is 8.20. The van der Waals surface area contributed by atoms with Gasteiger partial charge in [-0.05, 0) is 36.0 Å². The third-order valence-electron chi connectivity index (χ3n) is 1.46. The lowest BCUT2D eigenvalue weighted by Gasteiger charge is -2.02. The Labute approximate surface area is 102 Å². The molecule has 0 aliphatic rings. The quantitative estimate of drug-likeness (QED) is 0.364. The molecule has 0 radical (unpaired) electrons. The lowest BCUT2D eigenvalue weighted by Crippen LogP contribution is -2.09. The molecule has 0 aromatic heterocycles. The van der Waals surface area contributed by atoms with Crippen molar-refractivity contribution in [2.75, 3.05) is 12.5 Å². The van der Waals surface area contributed by atoms with Gasteiger partial charge in [-0.25, -0.2) is 9.59 Å². The average molecular weight is 263 g/mol. The number of hydrogen-bond acceptors (Lipinski definition) is 5. The molecule has 0 saturated heterocycles. The number of aliphatic carboxylic acids is 2. The van der Waals surface area contributed by atoms with Crippen molar-refractivity contribution in [1.82, 2.24) is 4.94 Å². The van der Waals surface area contributed by atoms with Gasteiger partial charge in [0.05, 0.1) is 12.8 Å². The Balaban J connectivity index is 0.000000366. The summed E-state index contributed by atoms with van der Waals surface area (Å²) in [6, 6.07) is 7.40. The van der Waals surface area contributed by atoms with Gasteiger partial charge in [-0.1, -0.05) is 0 Å². The Morgan fingerprint density at radius 3 is 1.94 bits per heavy atom. The van der Waals surface area contributed by atoms with Crippen molar-refractivity contribution in [3.8, 4) is 5.75 Å². The molecular weight excluding hydrogens is 252 g/mol. The Morgan fingerprint density at radius 2 is 1.65 bits per heavy atom. The zero-order valence-corrected chi connectivity index (χ0v) is 9.56. The standard InChI is InChI=1S/C7H9ClN2O.C2H2O4/c1-11-7-4-2-6(3-5-7)9-10-8;3-1(4)2(5)6/h2-5,9-10H,1H3;(H,3,4)(H,5,6). The highest BCUT2D eigenvalue weighted by Gasteiger charge is 2.04. The van der Waals surface area contributed by atoms with E-state index in [1.54, 1.807) is 7.11 Å². The Kier molecular flexibility index (Phi) is 7.24. The van der Waals surface area contributed by atoms with Crippen molar-refractivity contribution in [2.45, 2.75) is 0 Å². The van der Waals surface area contributed by atoms with Gasteiger partial charge in [0.25, 0.3) is 0 Å². The normalized spacial score (nSPS) is 8.59. The van der Waals surface area contributed by atoms with Crippen molar-refractivity contribution < 1.29 is 24.5 Å². The molecule has 94 valence electrons. The van der Waals surface area contributed by atoms with E-state index in [2.05, 4.69) is 10.4 Å². The fraction of sp³-hybridized carbons (Fsp3) is 0.111. The first-order chi connectivity index (χ1) is 8.01. The van der Waals surface area contributed by atoms with E-state index in [0.717, 1.165) is 11.4 Å². The minimum Gasteiger partial charge on any atom is -0.497 e. The maximum absolute atomic E-state index is 9.10. The van der Waals surface area contributed by atoms with Gasteiger partial charge in [-0.15, -0.1) is 4.94 Å². The number of carboxylic acid groups (broad SMARTS) is 2. The van der Waals surface area contributed by atoms with Crippen LogP contribution in [0, 0.1) is 0 Å². The molecule has 0 aliphatic carbocycles. The number of carboxylic acids is 2. The molecule has 0 heterocycles. The number of rotatable bonds is 3. The molecule has 0 amide bonds. The summed E-state index contributed by atoms with van der Waals surface area (Å²) in [6.07, 6.45) is 0. The van der Waals surface area contributed by atoms with Gasteiger partial charge >= 0.3 is 11.9 Å². The molecule has 0 aliphatic heterocycles. The fourth-order valence-electron chi connectivity index (χ4n) is 0.729. The highest BCUT2D eigenvalue weighted by atomic mass is 35.5. The van der Waals surface area contributed by atoms with Crippen LogP contribution in [-0.4, -0.2) is 29.3 Å². The molecule has 0 spiro atoms.